The second-order valence-electron chi connectivity index (χ2n) is 5.66. The number of benzene rings is 2. The molecule has 0 aliphatic heterocycles. The van der Waals surface area contributed by atoms with Gasteiger partial charge in [0.2, 0.25) is 0 Å². The van der Waals surface area contributed by atoms with Crippen LogP contribution < -0.4 is 9.47 Å². The molecule has 0 fully saturated rings. The Morgan fingerprint density at radius 1 is 0.920 bits per heavy atom. The summed E-state index contributed by atoms with van der Waals surface area (Å²) < 4.78 is 45.9. The van der Waals surface area contributed by atoms with Gasteiger partial charge in [-0.25, -0.2) is 0 Å². The lowest BCUT2D eigenvalue weighted by atomic mass is 10.1. The zero-order valence-corrected chi connectivity index (χ0v) is 14.0. The summed E-state index contributed by atoms with van der Waals surface area (Å²) in [7, 11) is 0. The van der Waals surface area contributed by atoms with E-state index in [1.807, 2.05) is 0 Å². The number of ether oxygens (including phenoxy) is 2. The van der Waals surface area contributed by atoms with Gasteiger partial charge in [0.15, 0.2) is 11.5 Å². The Kier molecular flexibility index (Phi) is 6.56. The summed E-state index contributed by atoms with van der Waals surface area (Å²) in [5.41, 5.74) is 1.34. The third kappa shape index (κ3) is 6.21. The normalized spacial score (nSPS) is 11.4. The van der Waals surface area contributed by atoms with Crippen LogP contribution in [0.5, 0.6) is 17.2 Å². The zero-order valence-electron chi connectivity index (χ0n) is 14.0. The van der Waals surface area contributed by atoms with Gasteiger partial charge in [-0.1, -0.05) is 44.4 Å². The number of phenolic OH excluding ortho intramolecular Hbond substituents is 1. The molecule has 0 bridgehead atoms. The summed E-state index contributed by atoms with van der Waals surface area (Å²) in [6.45, 7) is 2.67. The van der Waals surface area contributed by atoms with E-state index in [0.717, 1.165) is 25.7 Å². The molecule has 3 nitrogen and oxygen atoms in total. The van der Waals surface area contributed by atoms with Crippen LogP contribution in [0.25, 0.3) is 11.1 Å². The Bertz CT molecular complexity index is 667. The fourth-order valence-electron chi connectivity index (χ4n) is 2.38. The highest BCUT2D eigenvalue weighted by molar-refractivity contribution is 5.67. The Hall–Kier alpha value is -2.37. The maximum Gasteiger partial charge on any atom is 0.573 e. The number of phenols is 1. The molecule has 6 heteroatoms. The van der Waals surface area contributed by atoms with Gasteiger partial charge >= 0.3 is 6.36 Å². The topological polar surface area (TPSA) is 38.7 Å². The SMILES string of the molecule is CCCCCCOc1ccc(-c2ccc(OC(F)(F)F)cc2)cc1O. The molecular weight excluding hydrogens is 333 g/mol. The monoisotopic (exact) mass is 354 g/mol. The van der Waals surface area contributed by atoms with E-state index < -0.39 is 6.36 Å². The molecule has 2 aromatic rings. The predicted octanol–water partition coefficient (Wildman–Crippen LogP) is 5.92. The minimum Gasteiger partial charge on any atom is -0.504 e. The highest BCUT2D eigenvalue weighted by atomic mass is 19.4. The second kappa shape index (κ2) is 8.65. The highest BCUT2D eigenvalue weighted by Crippen LogP contribution is 2.33. The largest absolute Gasteiger partial charge is 0.573 e. The van der Waals surface area contributed by atoms with Crippen molar-refractivity contribution >= 4 is 0 Å². The molecule has 0 unspecified atom stereocenters. The molecule has 0 spiro atoms. The lowest BCUT2D eigenvalue weighted by Crippen LogP contribution is -2.16. The predicted molar refractivity (Wildman–Crippen MR) is 89.9 cm³/mol. The maximum atomic E-state index is 12.2. The van der Waals surface area contributed by atoms with Crippen LogP contribution in [0.4, 0.5) is 13.2 Å². The molecule has 0 aliphatic carbocycles. The van der Waals surface area contributed by atoms with Crippen molar-refractivity contribution in [2.75, 3.05) is 6.61 Å². The summed E-state index contributed by atoms with van der Waals surface area (Å²) in [5.74, 6) is 0.119. The van der Waals surface area contributed by atoms with Crippen LogP contribution in [-0.2, 0) is 0 Å². The van der Waals surface area contributed by atoms with Crippen LogP contribution in [0.3, 0.4) is 0 Å². The average molecular weight is 354 g/mol. The van der Waals surface area contributed by atoms with Gasteiger partial charge in [0.05, 0.1) is 6.61 Å². The number of alkyl halides is 3. The van der Waals surface area contributed by atoms with E-state index in [9.17, 15) is 18.3 Å². The lowest BCUT2D eigenvalue weighted by Gasteiger charge is -2.11. The number of hydrogen-bond donors (Lipinski definition) is 1. The highest BCUT2D eigenvalue weighted by Gasteiger charge is 2.30. The summed E-state index contributed by atoms with van der Waals surface area (Å²) in [5, 5.41) is 10.1. The first-order valence-electron chi connectivity index (χ1n) is 8.21. The summed E-state index contributed by atoms with van der Waals surface area (Å²) in [6.07, 6.45) is -0.400. The molecule has 0 heterocycles. The Labute approximate surface area is 145 Å². The summed E-state index contributed by atoms with van der Waals surface area (Å²) in [6, 6.07) is 10.4. The molecule has 2 aromatic carbocycles. The minimum atomic E-state index is -4.71. The Morgan fingerprint density at radius 2 is 1.60 bits per heavy atom. The van der Waals surface area contributed by atoms with E-state index in [1.165, 1.54) is 30.3 Å². The lowest BCUT2D eigenvalue weighted by molar-refractivity contribution is -0.274. The molecule has 0 aromatic heterocycles. The molecule has 1 N–H and O–H groups in total. The van der Waals surface area contributed by atoms with E-state index >= 15 is 0 Å². The molecule has 0 amide bonds. The van der Waals surface area contributed by atoms with Gasteiger partial charge in [-0.05, 0) is 41.8 Å². The van der Waals surface area contributed by atoms with Crippen molar-refractivity contribution in [2.24, 2.45) is 0 Å². The van der Waals surface area contributed by atoms with E-state index in [2.05, 4.69) is 11.7 Å². The van der Waals surface area contributed by atoms with Crippen LogP contribution in [-0.4, -0.2) is 18.1 Å². The van der Waals surface area contributed by atoms with E-state index in [4.69, 9.17) is 4.74 Å². The first-order valence-corrected chi connectivity index (χ1v) is 8.21. The van der Waals surface area contributed by atoms with Gasteiger partial charge in [0.25, 0.3) is 0 Å². The van der Waals surface area contributed by atoms with Crippen molar-refractivity contribution in [3.63, 3.8) is 0 Å². The van der Waals surface area contributed by atoms with E-state index in [-0.39, 0.29) is 11.5 Å². The fourth-order valence-corrected chi connectivity index (χ4v) is 2.38. The Balaban J connectivity index is 1.99. The number of rotatable bonds is 8. The van der Waals surface area contributed by atoms with Crippen molar-refractivity contribution in [3.05, 3.63) is 42.5 Å². The van der Waals surface area contributed by atoms with Crippen LogP contribution >= 0.6 is 0 Å². The zero-order chi connectivity index (χ0) is 18.3. The van der Waals surface area contributed by atoms with Gasteiger partial charge in [-0.2, -0.15) is 0 Å². The number of hydrogen-bond acceptors (Lipinski definition) is 3. The third-order valence-corrected chi connectivity index (χ3v) is 3.64. The standard InChI is InChI=1S/C19H21F3O3/c1-2-3-4-5-12-24-18-11-8-15(13-17(18)23)14-6-9-16(10-7-14)25-19(20,21)22/h6-11,13,23H,2-5,12H2,1H3. The summed E-state index contributed by atoms with van der Waals surface area (Å²) in [4.78, 5) is 0. The van der Waals surface area contributed by atoms with Crippen LogP contribution in [0.1, 0.15) is 32.6 Å². The van der Waals surface area contributed by atoms with Gasteiger partial charge in [-0.15, -0.1) is 13.2 Å². The van der Waals surface area contributed by atoms with Crippen LogP contribution in [0, 0.1) is 0 Å². The van der Waals surface area contributed by atoms with Gasteiger partial charge < -0.3 is 14.6 Å². The van der Waals surface area contributed by atoms with Crippen LogP contribution in [0.15, 0.2) is 42.5 Å². The third-order valence-electron chi connectivity index (χ3n) is 3.64. The van der Waals surface area contributed by atoms with Crippen LogP contribution in [0.2, 0.25) is 0 Å². The van der Waals surface area contributed by atoms with Gasteiger partial charge in [0, 0.05) is 0 Å². The van der Waals surface area contributed by atoms with Crippen molar-refractivity contribution in [1.82, 2.24) is 0 Å². The quantitative estimate of drug-likeness (QED) is 0.598. The number of unbranched alkanes of at least 4 members (excludes halogenated alkanes) is 3. The molecule has 0 atom stereocenters. The second-order valence-corrected chi connectivity index (χ2v) is 5.66. The minimum absolute atomic E-state index is 0.00334. The molecule has 0 aliphatic rings. The van der Waals surface area contributed by atoms with Gasteiger partial charge in [0.1, 0.15) is 5.75 Å². The molecule has 136 valence electrons. The molecule has 0 saturated carbocycles. The molecule has 0 saturated heterocycles. The first kappa shape index (κ1) is 19.0. The summed E-state index contributed by atoms with van der Waals surface area (Å²) >= 11 is 0. The molecule has 2 rings (SSSR count). The maximum absolute atomic E-state index is 12.2. The number of halogens is 3. The van der Waals surface area contributed by atoms with Crippen molar-refractivity contribution < 1.29 is 27.8 Å². The van der Waals surface area contributed by atoms with Crippen molar-refractivity contribution in [1.29, 1.82) is 0 Å². The Morgan fingerprint density at radius 3 is 2.20 bits per heavy atom. The molecule has 25 heavy (non-hydrogen) atoms. The van der Waals surface area contributed by atoms with Gasteiger partial charge in [-0.3, -0.25) is 0 Å². The van der Waals surface area contributed by atoms with Crippen molar-refractivity contribution in [2.45, 2.75) is 39.0 Å². The number of aromatic hydroxyl groups is 1. The average Bonchev–Trinajstić information content (AvgIpc) is 2.55. The first-order chi connectivity index (χ1) is 11.9. The smallest absolute Gasteiger partial charge is 0.504 e. The van der Waals surface area contributed by atoms with E-state index in [1.54, 1.807) is 12.1 Å². The van der Waals surface area contributed by atoms with E-state index in [0.29, 0.717) is 23.5 Å². The molecular formula is C19H21F3O3. The molecule has 0 radical (unpaired) electrons. The van der Waals surface area contributed by atoms with Crippen molar-refractivity contribution in [3.8, 4) is 28.4 Å². The fraction of sp³-hybridized carbons (Fsp3) is 0.368.